The van der Waals surface area contributed by atoms with E-state index in [4.69, 9.17) is 4.74 Å². The van der Waals surface area contributed by atoms with Gasteiger partial charge in [-0.1, -0.05) is 0 Å². The van der Waals surface area contributed by atoms with Crippen LogP contribution in [0, 0.1) is 6.92 Å². The Morgan fingerprint density at radius 2 is 2.19 bits per heavy atom. The Hall–Kier alpha value is -1.34. The van der Waals surface area contributed by atoms with E-state index in [9.17, 15) is 5.11 Å². The minimum Gasteiger partial charge on any atom is -0.389 e. The molecule has 1 atom stereocenters. The highest BCUT2D eigenvalue weighted by molar-refractivity contribution is 7.09. The van der Waals surface area contributed by atoms with E-state index >= 15 is 0 Å². The fourth-order valence-electron chi connectivity index (χ4n) is 1.89. The second kappa shape index (κ2) is 8.84. The largest absolute Gasteiger partial charge is 0.389 e. The molecule has 2 aromatic rings. The van der Waals surface area contributed by atoms with Gasteiger partial charge in [0.1, 0.15) is 0 Å². The van der Waals surface area contributed by atoms with Crippen molar-refractivity contribution in [3.8, 4) is 0 Å². The molecule has 0 aliphatic carbocycles. The van der Waals surface area contributed by atoms with Crippen molar-refractivity contribution >= 4 is 11.3 Å². The number of aliphatic hydroxyl groups excluding tert-OH is 1. The van der Waals surface area contributed by atoms with Crippen LogP contribution in [0.25, 0.3) is 0 Å². The van der Waals surface area contributed by atoms with Gasteiger partial charge in [0.25, 0.3) is 0 Å². The number of hydrogen-bond donors (Lipinski definition) is 2. The predicted molar refractivity (Wildman–Crippen MR) is 83.3 cm³/mol. The number of aliphatic hydroxyl groups is 1. The van der Waals surface area contributed by atoms with Crippen molar-refractivity contribution in [2.45, 2.75) is 26.0 Å². The molecule has 6 heteroatoms. The van der Waals surface area contributed by atoms with E-state index in [1.165, 1.54) is 4.88 Å². The van der Waals surface area contributed by atoms with Crippen LogP contribution in [0.15, 0.2) is 30.0 Å². The molecule has 0 aliphatic heterocycles. The third-order valence-electron chi connectivity index (χ3n) is 3.09. The van der Waals surface area contributed by atoms with Crippen LogP contribution in [0.4, 0.5) is 0 Å². The summed E-state index contributed by atoms with van der Waals surface area (Å²) in [5.74, 6) is 0. The van der Waals surface area contributed by atoms with E-state index in [1.54, 1.807) is 23.7 Å². The zero-order valence-corrected chi connectivity index (χ0v) is 13.0. The maximum Gasteiger partial charge on any atom is 0.0897 e. The van der Waals surface area contributed by atoms with E-state index in [2.05, 4.69) is 15.3 Å². The normalized spacial score (nSPS) is 12.5. The number of ether oxygens (including phenoxy) is 1. The lowest BCUT2D eigenvalue weighted by Crippen LogP contribution is -2.30. The molecule has 114 valence electrons. The van der Waals surface area contributed by atoms with Gasteiger partial charge in [0.2, 0.25) is 0 Å². The molecule has 2 N–H and O–H groups in total. The summed E-state index contributed by atoms with van der Waals surface area (Å²) in [6.07, 6.45) is 3.89. The number of pyridine rings is 1. The first-order chi connectivity index (χ1) is 10.3. The van der Waals surface area contributed by atoms with Crippen LogP contribution in [0.3, 0.4) is 0 Å². The second-order valence-corrected chi connectivity index (χ2v) is 5.77. The van der Waals surface area contributed by atoms with Gasteiger partial charge in [-0.15, -0.1) is 11.3 Å². The van der Waals surface area contributed by atoms with Gasteiger partial charge >= 0.3 is 0 Å². The summed E-state index contributed by atoms with van der Waals surface area (Å²) >= 11 is 1.65. The Morgan fingerprint density at radius 3 is 2.90 bits per heavy atom. The van der Waals surface area contributed by atoms with Crippen LogP contribution in [0.1, 0.15) is 16.1 Å². The van der Waals surface area contributed by atoms with Gasteiger partial charge in [0, 0.05) is 36.8 Å². The van der Waals surface area contributed by atoms with Crippen LogP contribution >= 0.6 is 11.3 Å². The highest BCUT2D eigenvalue weighted by Gasteiger charge is 2.05. The highest BCUT2D eigenvalue weighted by Crippen LogP contribution is 2.12. The molecule has 2 aromatic heterocycles. The third kappa shape index (κ3) is 5.89. The standard InChI is InChI=1S/C15H21N3O2S/c1-12-15(21-11-18-12)4-7-20-10-14(19)9-17-8-13-2-5-16-6-3-13/h2-3,5-6,11,14,17,19H,4,7-10H2,1H3. The van der Waals surface area contributed by atoms with E-state index < -0.39 is 6.10 Å². The Kier molecular flexibility index (Phi) is 6.75. The maximum atomic E-state index is 9.83. The van der Waals surface area contributed by atoms with Crippen molar-refractivity contribution in [2.75, 3.05) is 19.8 Å². The number of hydrogen-bond acceptors (Lipinski definition) is 6. The fraction of sp³-hybridized carbons (Fsp3) is 0.467. The second-order valence-electron chi connectivity index (χ2n) is 4.83. The molecule has 0 saturated heterocycles. The summed E-state index contributed by atoms with van der Waals surface area (Å²) in [7, 11) is 0. The SMILES string of the molecule is Cc1ncsc1CCOCC(O)CNCc1ccncc1. The lowest BCUT2D eigenvalue weighted by molar-refractivity contribution is 0.0383. The number of nitrogens with one attached hydrogen (secondary N) is 1. The van der Waals surface area contributed by atoms with Gasteiger partial charge in [0.05, 0.1) is 30.5 Å². The topological polar surface area (TPSA) is 67.3 Å². The molecule has 0 amide bonds. The summed E-state index contributed by atoms with van der Waals surface area (Å²) < 4.78 is 5.51. The van der Waals surface area contributed by atoms with E-state index in [0.29, 0.717) is 19.8 Å². The molecule has 21 heavy (non-hydrogen) atoms. The molecule has 0 fully saturated rings. The molecule has 5 nitrogen and oxygen atoms in total. The van der Waals surface area contributed by atoms with Crippen molar-refractivity contribution in [1.29, 1.82) is 0 Å². The van der Waals surface area contributed by atoms with Crippen LogP contribution < -0.4 is 5.32 Å². The number of rotatable bonds is 9. The van der Waals surface area contributed by atoms with Crippen molar-refractivity contribution in [3.63, 3.8) is 0 Å². The summed E-state index contributed by atoms with van der Waals surface area (Å²) in [5, 5.41) is 13.0. The Labute approximate surface area is 129 Å². The van der Waals surface area contributed by atoms with Crippen LogP contribution in [-0.2, 0) is 17.7 Å². The summed E-state index contributed by atoms with van der Waals surface area (Å²) in [4.78, 5) is 9.41. The van der Waals surface area contributed by atoms with Crippen molar-refractivity contribution in [3.05, 3.63) is 46.2 Å². The number of nitrogens with zero attached hydrogens (tertiary/aromatic N) is 2. The molecule has 0 saturated carbocycles. The first kappa shape index (κ1) is 16.0. The minimum atomic E-state index is -0.491. The summed E-state index contributed by atoms with van der Waals surface area (Å²) in [5.41, 5.74) is 4.07. The van der Waals surface area contributed by atoms with Crippen molar-refractivity contribution < 1.29 is 9.84 Å². The number of thiazole rings is 1. The van der Waals surface area contributed by atoms with Crippen LogP contribution in [0.5, 0.6) is 0 Å². The Balaban J connectivity index is 1.53. The zero-order valence-electron chi connectivity index (χ0n) is 12.2. The Bertz CT molecular complexity index is 519. The molecule has 0 aliphatic rings. The van der Waals surface area contributed by atoms with Gasteiger partial charge in [0.15, 0.2) is 0 Å². The van der Waals surface area contributed by atoms with Crippen LogP contribution in [0.2, 0.25) is 0 Å². The average Bonchev–Trinajstić information content (AvgIpc) is 2.90. The molecule has 1 unspecified atom stereocenters. The van der Waals surface area contributed by atoms with Gasteiger partial charge in [-0.3, -0.25) is 4.98 Å². The number of aromatic nitrogens is 2. The van der Waals surface area contributed by atoms with Crippen molar-refractivity contribution in [2.24, 2.45) is 0 Å². The van der Waals surface area contributed by atoms with Crippen LogP contribution in [-0.4, -0.2) is 40.9 Å². The maximum absolute atomic E-state index is 9.83. The molecule has 2 rings (SSSR count). The van der Waals surface area contributed by atoms with E-state index in [1.807, 2.05) is 24.6 Å². The van der Waals surface area contributed by atoms with E-state index in [-0.39, 0.29) is 0 Å². The Morgan fingerprint density at radius 1 is 1.38 bits per heavy atom. The first-order valence-electron chi connectivity index (χ1n) is 7.00. The molecular weight excluding hydrogens is 286 g/mol. The lowest BCUT2D eigenvalue weighted by Gasteiger charge is -2.12. The molecule has 0 radical (unpaired) electrons. The fourth-order valence-corrected chi connectivity index (χ4v) is 2.66. The van der Waals surface area contributed by atoms with Gasteiger partial charge < -0.3 is 15.2 Å². The summed E-state index contributed by atoms with van der Waals surface area (Å²) in [6, 6.07) is 3.90. The van der Waals surface area contributed by atoms with E-state index in [0.717, 1.165) is 24.2 Å². The minimum absolute atomic E-state index is 0.348. The average molecular weight is 307 g/mol. The monoisotopic (exact) mass is 307 g/mol. The molecule has 0 aromatic carbocycles. The molecule has 0 bridgehead atoms. The van der Waals surface area contributed by atoms with Gasteiger partial charge in [-0.25, -0.2) is 4.98 Å². The predicted octanol–water partition coefficient (Wildman–Crippen LogP) is 1.56. The highest BCUT2D eigenvalue weighted by atomic mass is 32.1. The first-order valence-corrected chi connectivity index (χ1v) is 7.88. The molecule has 2 heterocycles. The molecule has 0 spiro atoms. The van der Waals surface area contributed by atoms with Crippen molar-refractivity contribution in [1.82, 2.24) is 15.3 Å². The summed E-state index contributed by atoms with van der Waals surface area (Å²) in [6.45, 7) is 4.21. The van der Waals surface area contributed by atoms with Gasteiger partial charge in [-0.2, -0.15) is 0 Å². The smallest absolute Gasteiger partial charge is 0.0897 e. The number of aryl methyl sites for hydroxylation is 1. The lowest BCUT2D eigenvalue weighted by atomic mass is 10.2. The zero-order chi connectivity index (χ0) is 14.9. The third-order valence-corrected chi connectivity index (χ3v) is 4.08. The quantitative estimate of drug-likeness (QED) is 0.688. The van der Waals surface area contributed by atoms with Gasteiger partial charge in [-0.05, 0) is 24.6 Å². The molecular formula is C15H21N3O2S.